The summed E-state index contributed by atoms with van der Waals surface area (Å²) >= 11 is 0. The molecule has 2 rings (SSSR count). The Morgan fingerprint density at radius 1 is 0.967 bits per heavy atom. The molecular formula is C24H30N2O4. The molecule has 160 valence electrons. The number of benzene rings is 2. The molecular weight excluding hydrogens is 380 g/mol. The monoisotopic (exact) mass is 410 g/mol. The summed E-state index contributed by atoms with van der Waals surface area (Å²) in [5.74, 6) is -1.17. The van der Waals surface area contributed by atoms with E-state index in [4.69, 9.17) is 4.74 Å². The van der Waals surface area contributed by atoms with Gasteiger partial charge in [-0.15, -0.1) is 0 Å². The number of carbonyl (C=O) groups excluding carboxylic acids is 3. The van der Waals surface area contributed by atoms with E-state index in [1.54, 1.807) is 12.1 Å². The third kappa shape index (κ3) is 7.35. The zero-order valence-corrected chi connectivity index (χ0v) is 18.0. The molecule has 0 saturated heterocycles. The van der Waals surface area contributed by atoms with Crippen molar-refractivity contribution in [3.63, 3.8) is 0 Å². The molecule has 2 aromatic rings. The number of carbonyl (C=O) groups is 3. The molecule has 6 nitrogen and oxygen atoms in total. The number of hydrogen-bond acceptors (Lipinski definition) is 4. The van der Waals surface area contributed by atoms with Crippen molar-refractivity contribution in [2.45, 2.75) is 45.6 Å². The Labute approximate surface area is 178 Å². The van der Waals surface area contributed by atoms with Crippen LogP contribution in [0.3, 0.4) is 0 Å². The Morgan fingerprint density at radius 3 is 2.20 bits per heavy atom. The molecule has 0 aliphatic rings. The van der Waals surface area contributed by atoms with E-state index in [0.29, 0.717) is 5.56 Å². The molecule has 0 heterocycles. The lowest BCUT2D eigenvalue weighted by molar-refractivity contribution is -0.148. The van der Waals surface area contributed by atoms with Crippen molar-refractivity contribution in [3.8, 4) is 0 Å². The second kappa shape index (κ2) is 10.6. The molecule has 2 N–H and O–H groups in total. The molecule has 0 radical (unpaired) electrons. The minimum Gasteiger partial charge on any atom is -0.456 e. The lowest BCUT2D eigenvalue weighted by atomic mass is 9.87. The Kier molecular flexibility index (Phi) is 8.16. The van der Waals surface area contributed by atoms with Crippen molar-refractivity contribution in [1.82, 2.24) is 10.6 Å². The Morgan fingerprint density at radius 2 is 1.60 bits per heavy atom. The van der Waals surface area contributed by atoms with Gasteiger partial charge in [-0.2, -0.15) is 0 Å². The van der Waals surface area contributed by atoms with E-state index in [0.717, 1.165) is 11.1 Å². The SMILES string of the molecule is C[C@H](NC(=O)COC(=O)CCNC(=O)c1ccc(C(C)(C)C)cc1)c1ccccc1. The number of amides is 2. The average Bonchev–Trinajstić information content (AvgIpc) is 2.72. The van der Waals surface area contributed by atoms with Gasteiger partial charge in [-0.05, 0) is 35.6 Å². The van der Waals surface area contributed by atoms with Gasteiger partial charge < -0.3 is 15.4 Å². The lowest BCUT2D eigenvalue weighted by Gasteiger charge is -2.19. The summed E-state index contributed by atoms with van der Waals surface area (Å²) in [7, 11) is 0. The first kappa shape index (κ1) is 23.1. The predicted octanol–water partition coefficient (Wildman–Crippen LogP) is 3.52. The maximum atomic E-state index is 12.2. The van der Waals surface area contributed by atoms with Gasteiger partial charge in [0.25, 0.3) is 11.8 Å². The van der Waals surface area contributed by atoms with Crippen molar-refractivity contribution < 1.29 is 19.1 Å². The highest BCUT2D eigenvalue weighted by Gasteiger charge is 2.15. The van der Waals surface area contributed by atoms with Gasteiger partial charge in [0.1, 0.15) is 0 Å². The van der Waals surface area contributed by atoms with Gasteiger partial charge >= 0.3 is 5.97 Å². The van der Waals surface area contributed by atoms with Crippen molar-refractivity contribution in [2.75, 3.05) is 13.2 Å². The van der Waals surface area contributed by atoms with E-state index in [2.05, 4.69) is 31.4 Å². The van der Waals surface area contributed by atoms with E-state index in [9.17, 15) is 14.4 Å². The van der Waals surface area contributed by atoms with Crippen LogP contribution in [0.25, 0.3) is 0 Å². The molecule has 0 bridgehead atoms. The zero-order chi connectivity index (χ0) is 22.1. The van der Waals surface area contributed by atoms with Gasteiger partial charge in [-0.25, -0.2) is 0 Å². The maximum Gasteiger partial charge on any atom is 0.308 e. The molecule has 2 amide bonds. The van der Waals surface area contributed by atoms with E-state index < -0.39 is 5.97 Å². The normalized spacial score (nSPS) is 12.0. The molecule has 0 unspecified atom stereocenters. The molecule has 6 heteroatoms. The predicted molar refractivity (Wildman–Crippen MR) is 116 cm³/mol. The third-order valence-corrected chi connectivity index (χ3v) is 4.67. The first-order chi connectivity index (χ1) is 14.2. The highest BCUT2D eigenvalue weighted by Crippen LogP contribution is 2.22. The number of esters is 1. The molecule has 0 fully saturated rings. The topological polar surface area (TPSA) is 84.5 Å². The molecule has 0 spiro atoms. The van der Waals surface area contributed by atoms with E-state index in [1.165, 1.54) is 0 Å². The average molecular weight is 411 g/mol. The largest absolute Gasteiger partial charge is 0.456 e. The molecule has 0 aliphatic heterocycles. The van der Waals surface area contributed by atoms with Crippen LogP contribution in [-0.2, 0) is 19.7 Å². The van der Waals surface area contributed by atoms with E-state index in [-0.39, 0.29) is 42.8 Å². The summed E-state index contributed by atoms with van der Waals surface area (Å²) in [6.45, 7) is 7.97. The quantitative estimate of drug-likeness (QED) is 0.652. The number of hydrogen-bond donors (Lipinski definition) is 2. The second-order valence-electron chi connectivity index (χ2n) is 8.19. The third-order valence-electron chi connectivity index (χ3n) is 4.67. The fourth-order valence-corrected chi connectivity index (χ4v) is 2.83. The Hall–Kier alpha value is -3.15. The summed E-state index contributed by atoms with van der Waals surface area (Å²) in [6.07, 6.45) is -0.00661. The smallest absolute Gasteiger partial charge is 0.308 e. The highest BCUT2D eigenvalue weighted by atomic mass is 16.5. The van der Waals surface area contributed by atoms with Crippen molar-refractivity contribution >= 4 is 17.8 Å². The van der Waals surface area contributed by atoms with Gasteiger partial charge in [0.05, 0.1) is 12.5 Å². The van der Waals surface area contributed by atoms with Crippen LogP contribution >= 0.6 is 0 Å². The van der Waals surface area contributed by atoms with Gasteiger partial charge in [0.15, 0.2) is 6.61 Å². The van der Waals surface area contributed by atoms with Gasteiger partial charge in [-0.3, -0.25) is 14.4 Å². The number of ether oxygens (including phenoxy) is 1. The van der Waals surface area contributed by atoms with Crippen LogP contribution in [0.2, 0.25) is 0 Å². The first-order valence-electron chi connectivity index (χ1n) is 10.1. The number of nitrogens with one attached hydrogen (secondary N) is 2. The zero-order valence-electron chi connectivity index (χ0n) is 18.0. The molecule has 0 aliphatic carbocycles. The Bertz CT molecular complexity index is 855. The summed E-state index contributed by atoms with van der Waals surface area (Å²) in [6, 6.07) is 16.7. The summed E-state index contributed by atoms with van der Waals surface area (Å²) in [4.78, 5) is 35.9. The van der Waals surface area contributed by atoms with Gasteiger partial charge in [0, 0.05) is 12.1 Å². The minimum absolute atomic E-state index is 0.00661. The summed E-state index contributed by atoms with van der Waals surface area (Å²) < 4.78 is 4.98. The van der Waals surface area contributed by atoms with Crippen LogP contribution in [-0.4, -0.2) is 30.9 Å². The van der Waals surface area contributed by atoms with Crippen LogP contribution in [0.5, 0.6) is 0 Å². The summed E-state index contributed by atoms with van der Waals surface area (Å²) in [5.41, 5.74) is 2.66. The lowest BCUT2D eigenvalue weighted by Crippen LogP contribution is -2.32. The minimum atomic E-state index is -0.541. The molecule has 2 aromatic carbocycles. The second-order valence-corrected chi connectivity index (χ2v) is 8.19. The van der Waals surface area contributed by atoms with E-state index in [1.807, 2.05) is 49.4 Å². The highest BCUT2D eigenvalue weighted by molar-refractivity contribution is 5.94. The maximum absolute atomic E-state index is 12.2. The van der Waals surface area contributed by atoms with Crippen LogP contribution in [0.4, 0.5) is 0 Å². The van der Waals surface area contributed by atoms with Crippen LogP contribution < -0.4 is 10.6 Å². The summed E-state index contributed by atoms with van der Waals surface area (Å²) in [5, 5.41) is 5.47. The van der Waals surface area contributed by atoms with E-state index >= 15 is 0 Å². The molecule has 0 saturated carbocycles. The standard InChI is InChI=1S/C24H30N2O4/c1-17(18-8-6-5-7-9-18)26-21(27)16-30-22(28)14-15-25-23(29)19-10-12-20(13-11-19)24(2,3)4/h5-13,17H,14-16H2,1-4H3,(H,25,29)(H,26,27)/t17-/m0/s1. The number of rotatable bonds is 8. The molecule has 30 heavy (non-hydrogen) atoms. The van der Waals surface area contributed by atoms with Crippen molar-refractivity contribution in [1.29, 1.82) is 0 Å². The molecule has 0 aromatic heterocycles. The van der Waals surface area contributed by atoms with Crippen LogP contribution in [0, 0.1) is 0 Å². The van der Waals surface area contributed by atoms with Gasteiger partial charge in [-0.1, -0.05) is 63.2 Å². The first-order valence-corrected chi connectivity index (χ1v) is 10.1. The van der Waals surface area contributed by atoms with Crippen molar-refractivity contribution in [3.05, 3.63) is 71.3 Å². The van der Waals surface area contributed by atoms with Crippen molar-refractivity contribution in [2.24, 2.45) is 0 Å². The fourth-order valence-electron chi connectivity index (χ4n) is 2.83. The Balaban J connectivity index is 1.68. The van der Waals surface area contributed by atoms with Crippen LogP contribution in [0.15, 0.2) is 54.6 Å². The fraction of sp³-hybridized carbons (Fsp3) is 0.375. The van der Waals surface area contributed by atoms with Crippen LogP contribution in [0.1, 0.15) is 61.6 Å². The molecule has 1 atom stereocenters. The van der Waals surface area contributed by atoms with Gasteiger partial charge in [0.2, 0.25) is 0 Å².